The fourth-order valence-corrected chi connectivity index (χ4v) is 2.40. The predicted octanol–water partition coefficient (Wildman–Crippen LogP) is 2.44. The van der Waals surface area contributed by atoms with Crippen molar-refractivity contribution in [3.05, 3.63) is 48.0 Å². The third-order valence-corrected chi connectivity index (χ3v) is 3.60. The van der Waals surface area contributed by atoms with Crippen LogP contribution in [0.25, 0.3) is 10.8 Å². The lowest BCUT2D eigenvalue weighted by molar-refractivity contribution is -0.129. The molecular formula is C18H19N3O3. The van der Waals surface area contributed by atoms with Crippen LogP contribution in [0.15, 0.2) is 42.5 Å². The number of likely N-dealkylation sites (N-methyl/N-ethyl adjacent to an activating group) is 1. The lowest BCUT2D eigenvalue weighted by atomic mass is 10.0. The average molecular weight is 325 g/mol. The molecule has 0 aromatic heterocycles. The monoisotopic (exact) mass is 325 g/mol. The molecule has 0 aliphatic rings. The summed E-state index contributed by atoms with van der Waals surface area (Å²) in [5, 5.41) is 13.6. The van der Waals surface area contributed by atoms with Crippen LogP contribution in [0.3, 0.4) is 0 Å². The molecule has 1 unspecified atom stereocenters. The van der Waals surface area contributed by atoms with Gasteiger partial charge in [0.25, 0.3) is 5.91 Å². The maximum atomic E-state index is 12.3. The smallest absolute Gasteiger partial charge is 0.407 e. The van der Waals surface area contributed by atoms with Crippen LogP contribution >= 0.6 is 0 Å². The second-order valence-corrected chi connectivity index (χ2v) is 5.30. The van der Waals surface area contributed by atoms with E-state index >= 15 is 0 Å². The van der Waals surface area contributed by atoms with Crippen LogP contribution < -0.4 is 5.32 Å². The first kappa shape index (κ1) is 17.3. The zero-order valence-electron chi connectivity index (χ0n) is 13.7. The van der Waals surface area contributed by atoms with Crippen LogP contribution in [0, 0.1) is 11.5 Å². The average Bonchev–Trinajstić information content (AvgIpc) is 2.60. The van der Waals surface area contributed by atoms with E-state index in [2.05, 4.69) is 5.32 Å². The van der Waals surface area contributed by atoms with Crippen LogP contribution in [0.2, 0.25) is 0 Å². The number of amides is 2. The van der Waals surface area contributed by atoms with Gasteiger partial charge in [-0.05, 0) is 23.3 Å². The molecule has 24 heavy (non-hydrogen) atoms. The highest BCUT2D eigenvalue weighted by atomic mass is 16.5. The van der Waals surface area contributed by atoms with Crippen molar-refractivity contribution in [3.63, 3.8) is 0 Å². The maximum Gasteiger partial charge on any atom is 0.407 e. The molecule has 2 amide bonds. The van der Waals surface area contributed by atoms with E-state index in [1.165, 1.54) is 7.05 Å². The number of alkyl carbamates (subject to hydrolysis) is 1. The number of ether oxygens (including phenoxy) is 1. The number of carbonyl (C=O) groups excluding carboxylic acids is 2. The van der Waals surface area contributed by atoms with Crippen LogP contribution in [-0.2, 0) is 16.0 Å². The summed E-state index contributed by atoms with van der Waals surface area (Å²) in [7, 11) is 1.36. The van der Waals surface area contributed by atoms with Crippen LogP contribution in [-0.4, -0.2) is 36.6 Å². The van der Waals surface area contributed by atoms with Crippen LogP contribution in [0.1, 0.15) is 12.5 Å². The third kappa shape index (κ3) is 4.23. The minimum Gasteiger partial charge on any atom is -0.450 e. The highest BCUT2D eigenvalue weighted by molar-refractivity contribution is 5.87. The van der Waals surface area contributed by atoms with E-state index in [9.17, 15) is 9.59 Å². The van der Waals surface area contributed by atoms with Gasteiger partial charge in [-0.2, -0.15) is 5.26 Å². The first-order chi connectivity index (χ1) is 11.5. The zero-order valence-corrected chi connectivity index (χ0v) is 13.7. The van der Waals surface area contributed by atoms with E-state index in [4.69, 9.17) is 10.00 Å². The summed E-state index contributed by atoms with van der Waals surface area (Å²) < 4.78 is 4.84. The van der Waals surface area contributed by atoms with Gasteiger partial charge in [-0.15, -0.1) is 0 Å². The lowest BCUT2D eigenvalue weighted by Crippen LogP contribution is -2.47. The molecule has 0 radical (unpaired) electrons. The second-order valence-electron chi connectivity index (χ2n) is 5.30. The molecule has 1 atom stereocenters. The Morgan fingerprint density at radius 2 is 1.96 bits per heavy atom. The molecule has 0 bridgehead atoms. The molecule has 0 aliphatic carbocycles. The molecule has 6 nitrogen and oxygen atoms in total. The molecule has 0 spiro atoms. The number of nitrogens with zero attached hydrogens (tertiary/aromatic N) is 2. The summed E-state index contributed by atoms with van der Waals surface area (Å²) >= 11 is 0. The highest BCUT2D eigenvalue weighted by Crippen LogP contribution is 2.17. The topological polar surface area (TPSA) is 82.4 Å². The molecule has 2 aromatic carbocycles. The standard InChI is InChI=1S/C18H19N3O3/c1-3-24-18(23)20-16(17(22)21(2)12-19)11-13-8-9-14-6-4-5-7-15(14)10-13/h4-10,16H,3,11H2,1-2H3,(H,20,23). The summed E-state index contributed by atoms with van der Waals surface area (Å²) in [6, 6.07) is 12.8. The Labute approximate surface area is 140 Å². The Morgan fingerprint density at radius 3 is 2.62 bits per heavy atom. The highest BCUT2D eigenvalue weighted by Gasteiger charge is 2.25. The van der Waals surface area contributed by atoms with Gasteiger partial charge in [-0.3, -0.25) is 9.69 Å². The van der Waals surface area contributed by atoms with Crippen molar-refractivity contribution in [2.24, 2.45) is 0 Å². The lowest BCUT2D eigenvalue weighted by Gasteiger charge is -2.20. The first-order valence-corrected chi connectivity index (χ1v) is 7.63. The number of carbonyl (C=O) groups is 2. The summed E-state index contributed by atoms with van der Waals surface area (Å²) in [6.07, 6.45) is 1.35. The minimum atomic E-state index is -0.866. The van der Waals surface area contributed by atoms with Crippen molar-refractivity contribution in [2.45, 2.75) is 19.4 Å². The van der Waals surface area contributed by atoms with Gasteiger partial charge in [-0.25, -0.2) is 4.79 Å². The Kier molecular flexibility index (Phi) is 5.74. The third-order valence-electron chi connectivity index (χ3n) is 3.60. The molecule has 0 saturated heterocycles. The Morgan fingerprint density at radius 1 is 1.25 bits per heavy atom. The maximum absolute atomic E-state index is 12.3. The van der Waals surface area contributed by atoms with Crippen molar-refractivity contribution in [2.75, 3.05) is 13.7 Å². The molecule has 124 valence electrons. The van der Waals surface area contributed by atoms with Crippen molar-refractivity contribution < 1.29 is 14.3 Å². The molecule has 0 aliphatic heterocycles. The van der Waals surface area contributed by atoms with Gasteiger partial charge in [0, 0.05) is 13.5 Å². The Bertz CT molecular complexity index is 782. The molecule has 6 heteroatoms. The van der Waals surface area contributed by atoms with Crippen molar-refractivity contribution in [3.8, 4) is 6.19 Å². The van der Waals surface area contributed by atoms with E-state index in [0.29, 0.717) is 0 Å². The second kappa shape index (κ2) is 7.97. The molecular weight excluding hydrogens is 306 g/mol. The van der Waals surface area contributed by atoms with Crippen molar-refractivity contribution in [1.29, 1.82) is 5.26 Å². The van der Waals surface area contributed by atoms with Crippen molar-refractivity contribution in [1.82, 2.24) is 10.2 Å². The van der Waals surface area contributed by atoms with Gasteiger partial charge in [0.1, 0.15) is 6.04 Å². The zero-order chi connectivity index (χ0) is 17.5. The van der Waals surface area contributed by atoms with Crippen LogP contribution in [0.5, 0.6) is 0 Å². The predicted molar refractivity (Wildman–Crippen MR) is 90.0 cm³/mol. The van der Waals surface area contributed by atoms with Gasteiger partial charge >= 0.3 is 6.09 Å². The van der Waals surface area contributed by atoms with Gasteiger partial charge < -0.3 is 10.1 Å². The number of benzene rings is 2. The largest absolute Gasteiger partial charge is 0.450 e. The summed E-state index contributed by atoms with van der Waals surface area (Å²) in [6.45, 7) is 1.89. The van der Waals surface area contributed by atoms with Gasteiger partial charge in [0.05, 0.1) is 6.61 Å². The van der Waals surface area contributed by atoms with Crippen LogP contribution in [0.4, 0.5) is 4.79 Å². The van der Waals surface area contributed by atoms with E-state index in [-0.39, 0.29) is 13.0 Å². The van der Waals surface area contributed by atoms with Gasteiger partial charge in [0.2, 0.25) is 0 Å². The fraction of sp³-hybridized carbons (Fsp3) is 0.278. The van der Waals surface area contributed by atoms with E-state index < -0.39 is 18.0 Å². The molecule has 0 heterocycles. The SMILES string of the molecule is CCOC(=O)NC(Cc1ccc2ccccc2c1)C(=O)N(C)C#N. The van der Waals surface area contributed by atoms with E-state index in [0.717, 1.165) is 21.2 Å². The fourth-order valence-electron chi connectivity index (χ4n) is 2.40. The summed E-state index contributed by atoms with van der Waals surface area (Å²) in [5.41, 5.74) is 0.884. The number of hydrogen-bond donors (Lipinski definition) is 1. The Hall–Kier alpha value is -3.07. The normalized spacial score (nSPS) is 11.4. The van der Waals surface area contributed by atoms with Crippen molar-refractivity contribution >= 4 is 22.8 Å². The van der Waals surface area contributed by atoms with E-state index in [1.807, 2.05) is 42.5 Å². The molecule has 2 rings (SSSR count). The number of nitrogens with one attached hydrogen (secondary N) is 1. The molecule has 2 aromatic rings. The number of hydrogen-bond acceptors (Lipinski definition) is 4. The Balaban J connectivity index is 2.23. The van der Waals surface area contributed by atoms with Gasteiger partial charge in [0.15, 0.2) is 6.19 Å². The van der Waals surface area contributed by atoms with E-state index in [1.54, 1.807) is 13.1 Å². The summed E-state index contributed by atoms with van der Waals surface area (Å²) in [5.74, 6) is -0.487. The quantitative estimate of drug-likeness (QED) is 0.676. The molecule has 1 N–H and O–H groups in total. The minimum absolute atomic E-state index is 0.205. The summed E-state index contributed by atoms with van der Waals surface area (Å²) in [4.78, 5) is 24.9. The van der Waals surface area contributed by atoms with Gasteiger partial charge in [-0.1, -0.05) is 42.5 Å². The number of fused-ring (bicyclic) bond motifs is 1. The molecule has 0 fully saturated rings. The number of rotatable bonds is 5. The first-order valence-electron chi connectivity index (χ1n) is 7.63. The number of nitriles is 1. The molecule has 0 saturated carbocycles.